The lowest BCUT2D eigenvalue weighted by Gasteiger charge is -2.39. The van der Waals surface area contributed by atoms with Crippen LogP contribution in [0, 0.1) is 0 Å². The molecule has 2 heterocycles. The highest BCUT2D eigenvalue weighted by Gasteiger charge is 2.33. The molecule has 2 fully saturated rings. The number of aliphatic hydroxyl groups excluding tert-OH is 1. The number of hydrogen-bond acceptors (Lipinski definition) is 3. The molecule has 3 rings (SSSR count). The van der Waals surface area contributed by atoms with Crippen LogP contribution in [0.4, 0.5) is 0 Å². The van der Waals surface area contributed by atoms with Crippen molar-refractivity contribution in [3.8, 4) is 0 Å². The van der Waals surface area contributed by atoms with Gasteiger partial charge in [0.05, 0.1) is 12.1 Å². The van der Waals surface area contributed by atoms with Gasteiger partial charge in [-0.2, -0.15) is 0 Å². The number of carbonyl (C=O) groups is 1. The summed E-state index contributed by atoms with van der Waals surface area (Å²) >= 11 is 0. The lowest BCUT2D eigenvalue weighted by atomic mass is 9.98. The highest BCUT2D eigenvalue weighted by atomic mass is 16.3. The molecule has 0 saturated carbocycles. The maximum absolute atomic E-state index is 12.9. The van der Waals surface area contributed by atoms with Crippen LogP contribution in [0.2, 0.25) is 0 Å². The molecule has 2 unspecified atom stereocenters. The van der Waals surface area contributed by atoms with Crippen molar-refractivity contribution in [2.75, 3.05) is 19.6 Å². The van der Waals surface area contributed by atoms with Crippen molar-refractivity contribution >= 4 is 5.91 Å². The summed E-state index contributed by atoms with van der Waals surface area (Å²) in [5.74, 6) is 0.217. The average Bonchev–Trinajstić information content (AvgIpc) is 2.56. The van der Waals surface area contributed by atoms with Crippen LogP contribution in [-0.4, -0.2) is 52.6 Å². The van der Waals surface area contributed by atoms with Crippen LogP contribution in [0.25, 0.3) is 0 Å². The van der Waals surface area contributed by atoms with Crippen molar-refractivity contribution in [3.63, 3.8) is 0 Å². The highest BCUT2D eigenvalue weighted by Crippen LogP contribution is 2.23. The molecule has 0 aliphatic carbocycles. The van der Waals surface area contributed by atoms with E-state index in [2.05, 4.69) is 29.2 Å². The van der Waals surface area contributed by atoms with E-state index in [-0.39, 0.29) is 18.1 Å². The second-order valence-electron chi connectivity index (χ2n) is 6.55. The lowest BCUT2D eigenvalue weighted by Crippen LogP contribution is -2.53. The Bertz CT molecular complexity index is 491. The Morgan fingerprint density at radius 2 is 1.91 bits per heavy atom. The van der Waals surface area contributed by atoms with E-state index in [9.17, 15) is 9.90 Å². The molecule has 2 aliphatic heterocycles. The maximum Gasteiger partial charge on any atom is 0.240 e. The molecule has 2 aliphatic rings. The first-order valence-electron chi connectivity index (χ1n) is 8.49. The summed E-state index contributed by atoms with van der Waals surface area (Å²) in [6, 6.07) is 10.4. The minimum atomic E-state index is -0.344. The highest BCUT2D eigenvalue weighted by molar-refractivity contribution is 5.82. The number of nitrogens with zero attached hydrogens (tertiary/aromatic N) is 2. The third-order valence-corrected chi connectivity index (χ3v) is 4.84. The molecule has 2 atom stereocenters. The lowest BCUT2D eigenvalue weighted by molar-refractivity contribution is -0.141. The molecule has 0 radical (unpaired) electrons. The van der Waals surface area contributed by atoms with Crippen molar-refractivity contribution in [1.29, 1.82) is 0 Å². The fraction of sp³-hybridized carbons (Fsp3) is 0.611. The van der Waals surface area contributed by atoms with Gasteiger partial charge < -0.3 is 10.0 Å². The summed E-state index contributed by atoms with van der Waals surface area (Å²) in [4.78, 5) is 17.1. The number of piperidine rings is 2. The van der Waals surface area contributed by atoms with E-state index < -0.39 is 0 Å². The summed E-state index contributed by atoms with van der Waals surface area (Å²) in [6.45, 7) is 3.13. The minimum absolute atomic E-state index is 0.0146. The molecule has 2 saturated heterocycles. The van der Waals surface area contributed by atoms with Crippen molar-refractivity contribution in [2.45, 2.75) is 50.8 Å². The smallest absolute Gasteiger partial charge is 0.240 e. The molecule has 0 spiro atoms. The largest absolute Gasteiger partial charge is 0.391 e. The van der Waals surface area contributed by atoms with Gasteiger partial charge in [0.2, 0.25) is 5.91 Å². The van der Waals surface area contributed by atoms with Crippen LogP contribution in [0.3, 0.4) is 0 Å². The zero-order valence-corrected chi connectivity index (χ0v) is 13.2. The van der Waals surface area contributed by atoms with Crippen LogP contribution >= 0.6 is 0 Å². The second-order valence-corrected chi connectivity index (χ2v) is 6.55. The van der Waals surface area contributed by atoms with Gasteiger partial charge in [-0.05, 0) is 37.8 Å². The molecular weight excluding hydrogens is 276 g/mol. The second kappa shape index (κ2) is 7.25. The number of benzene rings is 1. The zero-order chi connectivity index (χ0) is 15.4. The Balaban J connectivity index is 1.67. The summed E-state index contributed by atoms with van der Waals surface area (Å²) in [5, 5.41) is 9.82. The number of likely N-dealkylation sites (tertiary alicyclic amines) is 2. The first-order valence-corrected chi connectivity index (χ1v) is 8.49. The van der Waals surface area contributed by atoms with E-state index in [4.69, 9.17) is 0 Å². The summed E-state index contributed by atoms with van der Waals surface area (Å²) in [5.41, 5.74) is 1.26. The van der Waals surface area contributed by atoms with E-state index in [1.54, 1.807) is 0 Å². The van der Waals surface area contributed by atoms with Gasteiger partial charge in [-0.1, -0.05) is 36.8 Å². The Labute approximate surface area is 132 Å². The molecule has 0 bridgehead atoms. The maximum atomic E-state index is 12.9. The Morgan fingerprint density at radius 1 is 1.09 bits per heavy atom. The number of β-amino-alcohol motifs (C(OH)–C–C–N with tert-alkyl or cyclic N) is 1. The van der Waals surface area contributed by atoms with Gasteiger partial charge in [0.1, 0.15) is 0 Å². The van der Waals surface area contributed by atoms with Gasteiger partial charge in [0.15, 0.2) is 0 Å². The fourth-order valence-electron chi connectivity index (χ4n) is 3.64. The molecule has 1 aromatic rings. The predicted octanol–water partition coefficient (Wildman–Crippen LogP) is 2.02. The standard InChI is InChI=1S/C18H26N2O2/c21-16-9-6-12-20(14-16)18(22)17-10-4-5-11-19(17)13-15-7-2-1-3-8-15/h1-3,7-8,16-17,21H,4-6,9-14H2. The summed E-state index contributed by atoms with van der Waals surface area (Å²) in [7, 11) is 0. The van der Waals surface area contributed by atoms with E-state index in [0.29, 0.717) is 6.54 Å². The number of aliphatic hydroxyl groups is 1. The van der Waals surface area contributed by atoms with Crippen molar-refractivity contribution in [1.82, 2.24) is 9.80 Å². The molecule has 1 amide bonds. The van der Waals surface area contributed by atoms with Gasteiger partial charge in [0, 0.05) is 19.6 Å². The predicted molar refractivity (Wildman–Crippen MR) is 86.3 cm³/mol. The van der Waals surface area contributed by atoms with Gasteiger partial charge in [-0.3, -0.25) is 9.69 Å². The number of carbonyl (C=O) groups excluding carboxylic acids is 1. The number of hydrogen-bond donors (Lipinski definition) is 1. The van der Waals surface area contributed by atoms with Gasteiger partial charge in [0.25, 0.3) is 0 Å². The van der Waals surface area contributed by atoms with Crippen LogP contribution < -0.4 is 0 Å². The van der Waals surface area contributed by atoms with Crippen LogP contribution in [0.15, 0.2) is 30.3 Å². The Hall–Kier alpha value is -1.39. The normalized spacial score (nSPS) is 26.9. The molecular formula is C18H26N2O2. The molecule has 4 nitrogen and oxygen atoms in total. The number of rotatable bonds is 3. The topological polar surface area (TPSA) is 43.8 Å². The fourth-order valence-corrected chi connectivity index (χ4v) is 3.64. The van der Waals surface area contributed by atoms with E-state index in [1.807, 2.05) is 11.0 Å². The molecule has 22 heavy (non-hydrogen) atoms. The molecule has 120 valence electrons. The van der Waals surface area contributed by atoms with E-state index >= 15 is 0 Å². The first kappa shape index (κ1) is 15.5. The SMILES string of the molecule is O=C(C1CCCCN1Cc1ccccc1)N1CCCC(O)C1. The first-order chi connectivity index (χ1) is 10.7. The third kappa shape index (κ3) is 3.68. The molecule has 4 heteroatoms. The third-order valence-electron chi connectivity index (χ3n) is 4.84. The molecule has 1 aromatic carbocycles. The van der Waals surface area contributed by atoms with Crippen molar-refractivity contribution < 1.29 is 9.90 Å². The van der Waals surface area contributed by atoms with E-state index in [0.717, 1.165) is 45.3 Å². The summed E-state index contributed by atoms with van der Waals surface area (Å²) in [6.07, 6.45) is 4.62. The molecule has 1 N–H and O–H groups in total. The van der Waals surface area contributed by atoms with Crippen molar-refractivity contribution in [3.05, 3.63) is 35.9 Å². The summed E-state index contributed by atoms with van der Waals surface area (Å²) < 4.78 is 0. The average molecular weight is 302 g/mol. The Kier molecular flexibility index (Phi) is 5.11. The van der Waals surface area contributed by atoms with Crippen LogP contribution in [0.1, 0.15) is 37.7 Å². The minimum Gasteiger partial charge on any atom is -0.391 e. The van der Waals surface area contributed by atoms with Crippen LogP contribution in [-0.2, 0) is 11.3 Å². The van der Waals surface area contributed by atoms with Gasteiger partial charge >= 0.3 is 0 Å². The van der Waals surface area contributed by atoms with E-state index in [1.165, 1.54) is 12.0 Å². The zero-order valence-electron chi connectivity index (χ0n) is 13.2. The van der Waals surface area contributed by atoms with Gasteiger partial charge in [-0.25, -0.2) is 0 Å². The quantitative estimate of drug-likeness (QED) is 0.929. The number of amides is 1. The van der Waals surface area contributed by atoms with Gasteiger partial charge in [-0.15, -0.1) is 0 Å². The Morgan fingerprint density at radius 3 is 2.68 bits per heavy atom. The molecule has 0 aromatic heterocycles. The monoisotopic (exact) mass is 302 g/mol. The van der Waals surface area contributed by atoms with Crippen molar-refractivity contribution in [2.24, 2.45) is 0 Å². The van der Waals surface area contributed by atoms with Crippen LogP contribution in [0.5, 0.6) is 0 Å².